The molecule has 11 heteroatoms. The minimum atomic E-state index is -3.03. The van der Waals surface area contributed by atoms with E-state index in [0.717, 1.165) is 50.3 Å². The van der Waals surface area contributed by atoms with Crippen LogP contribution < -0.4 is 15.0 Å². The van der Waals surface area contributed by atoms with Crippen LogP contribution in [0.5, 0.6) is 5.75 Å². The number of aromatic nitrogens is 2. The lowest BCUT2D eigenvalue weighted by Gasteiger charge is -2.47. The molecule has 1 N–H and O–H groups in total. The number of terminal acetylenes is 1. The molecule has 4 aliphatic rings. The molecular formula is C30H34N6O4S. The maximum absolute atomic E-state index is 12.0. The SMILES string of the molecule is C#Cc1cc(C2CCN(C3CN(C(=O)C#CC)C3)CC2)cc2c1O[C@H](C)c1c(ncnc1N1CCS(=O)(=O)CC1)N2. The number of carbonyl (C=O) groups excluding carboxylic acids is 1. The molecule has 41 heavy (non-hydrogen) atoms. The Kier molecular flexibility index (Phi) is 7.27. The second kappa shape index (κ2) is 10.9. The molecular weight excluding hydrogens is 540 g/mol. The average molecular weight is 575 g/mol. The Balaban J connectivity index is 1.20. The van der Waals surface area contributed by atoms with Gasteiger partial charge in [-0.05, 0) is 69.3 Å². The fourth-order valence-electron chi connectivity index (χ4n) is 6.25. The number of likely N-dealkylation sites (tertiary alicyclic amines) is 2. The molecule has 1 aromatic heterocycles. The summed E-state index contributed by atoms with van der Waals surface area (Å²) in [5.74, 6) is 10.5. The highest BCUT2D eigenvalue weighted by Gasteiger charge is 2.37. The Morgan fingerprint density at radius 1 is 1.12 bits per heavy atom. The van der Waals surface area contributed by atoms with Gasteiger partial charge in [0.25, 0.3) is 5.91 Å². The van der Waals surface area contributed by atoms with Gasteiger partial charge in [-0.3, -0.25) is 9.69 Å². The highest BCUT2D eigenvalue weighted by atomic mass is 32.2. The highest BCUT2D eigenvalue weighted by Crippen LogP contribution is 2.45. The zero-order valence-electron chi connectivity index (χ0n) is 23.4. The average Bonchev–Trinajstić information content (AvgIpc) is 3.08. The number of hydrogen-bond donors (Lipinski definition) is 1. The zero-order valence-corrected chi connectivity index (χ0v) is 24.2. The topological polar surface area (TPSA) is 108 Å². The first-order chi connectivity index (χ1) is 19.8. The van der Waals surface area contributed by atoms with Gasteiger partial charge in [0, 0.05) is 32.2 Å². The number of anilines is 3. The Morgan fingerprint density at radius 3 is 2.54 bits per heavy atom. The summed E-state index contributed by atoms with van der Waals surface area (Å²) in [6.45, 7) is 7.81. The lowest BCUT2D eigenvalue weighted by Crippen LogP contribution is -2.61. The van der Waals surface area contributed by atoms with Crippen LogP contribution in [0.2, 0.25) is 0 Å². The Hall–Kier alpha value is -3.80. The molecule has 0 bridgehead atoms. The number of nitrogens with zero attached hydrogens (tertiary/aromatic N) is 5. The maximum Gasteiger partial charge on any atom is 0.298 e. The molecule has 0 aliphatic carbocycles. The molecule has 5 heterocycles. The van der Waals surface area contributed by atoms with Gasteiger partial charge in [-0.2, -0.15) is 0 Å². The van der Waals surface area contributed by atoms with Gasteiger partial charge in [0.2, 0.25) is 0 Å². The number of ether oxygens (including phenoxy) is 1. The summed E-state index contributed by atoms with van der Waals surface area (Å²) in [5, 5.41) is 3.48. The minimum Gasteiger partial charge on any atom is -0.482 e. The van der Waals surface area contributed by atoms with Crippen LogP contribution in [0.4, 0.5) is 17.3 Å². The Bertz CT molecular complexity index is 1560. The molecule has 214 valence electrons. The number of hydrogen-bond acceptors (Lipinski definition) is 9. The fourth-order valence-corrected chi connectivity index (χ4v) is 7.45. The van der Waals surface area contributed by atoms with Gasteiger partial charge in [-0.25, -0.2) is 18.4 Å². The number of fused-ring (bicyclic) bond motifs is 2. The normalized spacial score (nSPS) is 22.4. The second-order valence-electron chi connectivity index (χ2n) is 11.1. The molecule has 3 fully saturated rings. The van der Waals surface area contributed by atoms with E-state index in [9.17, 15) is 13.2 Å². The van der Waals surface area contributed by atoms with Crippen molar-refractivity contribution in [3.8, 4) is 29.9 Å². The van der Waals surface area contributed by atoms with E-state index in [2.05, 4.69) is 50.1 Å². The number of sulfone groups is 1. The van der Waals surface area contributed by atoms with Gasteiger partial charge in [-0.15, -0.1) is 6.42 Å². The lowest BCUT2D eigenvalue weighted by atomic mass is 9.87. The van der Waals surface area contributed by atoms with E-state index in [1.54, 1.807) is 6.92 Å². The third-order valence-corrected chi connectivity index (χ3v) is 10.2. The summed E-state index contributed by atoms with van der Waals surface area (Å²) in [6.07, 6.45) is 9.10. The van der Waals surface area contributed by atoms with Crippen molar-refractivity contribution in [2.75, 3.05) is 61.0 Å². The first-order valence-electron chi connectivity index (χ1n) is 14.1. The number of amides is 1. The van der Waals surface area contributed by atoms with Crippen LogP contribution in [0.3, 0.4) is 0 Å². The van der Waals surface area contributed by atoms with Crippen molar-refractivity contribution < 1.29 is 17.9 Å². The van der Waals surface area contributed by atoms with Crippen LogP contribution in [0.1, 0.15) is 55.4 Å². The predicted molar refractivity (Wildman–Crippen MR) is 157 cm³/mol. The molecule has 0 spiro atoms. The number of benzene rings is 1. The van der Waals surface area contributed by atoms with E-state index in [4.69, 9.17) is 11.2 Å². The Labute approximate surface area is 241 Å². The van der Waals surface area contributed by atoms with Crippen molar-refractivity contribution >= 4 is 33.1 Å². The fraction of sp³-hybridized carbons (Fsp3) is 0.500. The molecule has 3 saturated heterocycles. The Morgan fingerprint density at radius 2 is 1.85 bits per heavy atom. The van der Waals surface area contributed by atoms with Gasteiger partial charge in [0.05, 0.1) is 28.3 Å². The van der Waals surface area contributed by atoms with Crippen molar-refractivity contribution in [3.63, 3.8) is 0 Å². The van der Waals surface area contributed by atoms with E-state index >= 15 is 0 Å². The van der Waals surface area contributed by atoms with E-state index in [1.165, 1.54) is 11.9 Å². The van der Waals surface area contributed by atoms with Gasteiger partial charge in [0.15, 0.2) is 15.6 Å². The smallest absolute Gasteiger partial charge is 0.298 e. The third kappa shape index (κ3) is 5.32. The summed E-state index contributed by atoms with van der Waals surface area (Å²) < 4.78 is 30.5. The van der Waals surface area contributed by atoms with Crippen LogP contribution >= 0.6 is 0 Å². The largest absolute Gasteiger partial charge is 0.482 e. The van der Waals surface area contributed by atoms with Gasteiger partial charge >= 0.3 is 0 Å². The molecule has 10 nitrogen and oxygen atoms in total. The van der Waals surface area contributed by atoms with E-state index in [1.807, 2.05) is 16.7 Å². The van der Waals surface area contributed by atoms with Gasteiger partial charge < -0.3 is 19.9 Å². The summed E-state index contributed by atoms with van der Waals surface area (Å²) in [7, 11) is -3.03. The number of piperidine rings is 1. The van der Waals surface area contributed by atoms with Crippen molar-refractivity contribution in [2.24, 2.45) is 0 Å². The first-order valence-corrected chi connectivity index (χ1v) is 15.9. The zero-order chi connectivity index (χ0) is 28.7. The number of rotatable bonds is 3. The standard InChI is InChI=1S/C30H34N6O4S/c1-4-6-26(37)36-17-24(18-36)34-9-7-22(8-10-34)23-15-21(5-2)28-25(16-23)33-29-27(20(3)40-28)30(32-19-31-29)35-11-13-41(38,39)14-12-35/h2,15-16,19-20,22,24H,7-14,17-18H2,1,3H3,(H,31,32,33)/t20-/m1/s1. The van der Waals surface area contributed by atoms with E-state index in [-0.39, 0.29) is 17.4 Å². The molecule has 2 aromatic rings. The predicted octanol–water partition coefficient (Wildman–Crippen LogP) is 2.30. The van der Waals surface area contributed by atoms with E-state index in [0.29, 0.717) is 48.0 Å². The molecule has 0 radical (unpaired) electrons. The minimum absolute atomic E-state index is 0.0858. The maximum atomic E-state index is 12.0. The summed E-state index contributed by atoms with van der Waals surface area (Å²) >= 11 is 0. The quantitative estimate of drug-likeness (QED) is 0.553. The van der Waals surface area contributed by atoms with Crippen molar-refractivity contribution in [3.05, 3.63) is 35.2 Å². The second-order valence-corrected chi connectivity index (χ2v) is 13.4. The molecule has 6 rings (SSSR count). The third-order valence-electron chi connectivity index (χ3n) is 8.63. The van der Waals surface area contributed by atoms with Crippen molar-refractivity contribution in [2.45, 2.75) is 44.8 Å². The number of carbonyl (C=O) groups is 1. The van der Waals surface area contributed by atoms with Crippen LogP contribution in [-0.4, -0.2) is 90.9 Å². The van der Waals surface area contributed by atoms with Crippen molar-refractivity contribution in [1.82, 2.24) is 19.8 Å². The molecule has 1 amide bonds. The monoisotopic (exact) mass is 574 g/mol. The van der Waals surface area contributed by atoms with Crippen molar-refractivity contribution in [1.29, 1.82) is 0 Å². The van der Waals surface area contributed by atoms with Crippen LogP contribution in [0.25, 0.3) is 0 Å². The summed E-state index contributed by atoms with van der Waals surface area (Å²) in [4.78, 5) is 27.3. The van der Waals surface area contributed by atoms with Gasteiger partial charge in [-0.1, -0.05) is 11.8 Å². The molecule has 4 aliphatic heterocycles. The van der Waals surface area contributed by atoms with E-state index < -0.39 is 15.9 Å². The van der Waals surface area contributed by atoms with Gasteiger partial charge in [0.1, 0.15) is 24.1 Å². The first kappa shape index (κ1) is 27.4. The summed E-state index contributed by atoms with van der Waals surface area (Å²) in [6, 6.07) is 4.59. The molecule has 0 unspecified atom stereocenters. The van der Waals surface area contributed by atoms with Crippen LogP contribution in [-0.2, 0) is 14.6 Å². The summed E-state index contributed by atoms with van der Waals surface area (Å²) in [5.41, 5.74) is 3.43. The molecule has 1 atom stereocenters. The molecule has 1 aromatic carbocycles. The highest BCUT2D eigenvalue weighted by molar-refractivity contribution is 7.91. The van der Waals surface area contributed by atoms with Crippen LogP contribution in [0.15, 0.2) is 18.5 Å². The van der Waals surface area contributed by atoms with Crippen LogP contribution in [0, 0.1) is 24.2 Å². The number of nitrogens with one attached hydrogen (secondary N) is 1. The lowest BCUT2D eigenvalue weighted by molar-refractivity contribution is -0.132. The molecule has 0 saturated carbocycles.